The molecule has 0 heterocycles. The van der Waals surface area contributed by atoms with Gasteiger partial charge in [-0.05, 0) is 25.2 Å². The molecule has 9 heavy (non-hydrogen) atoms. The van der Waals surface area contributed by atoms with Crippen LogP contribution in [-0.2, 0) is 0 Å². The molecule has 0 aliphatic heterocycles. The van der Waals surface area contributed by atoms with Gasteiger partial charge in [0.25, 0.3) is 0 Å². The van der Waals surface area contributed by atoms with Gasteiger partial charge in [-0.3, -0.25) is 0 Å². The Morgan fingerprint density at radius 3 is 2.67 bits per heavy atom. The summed E-state index contributed by atoms with van der Waals surface area (Å²) in [5, 5.41) is 0. The fourth-order valence-electron chi connectivity index (χ4n) is 1.26. The van der Waals surface area contributed by atoms with Gasteiger partial charge in [0, 0.05) is 5.92 Å². The molecule has 0 heteroatoms. The van der Waals surface area contributed by atoms with E-state index in [4.69, 9.17) is 6.42 Å². The lowest BCUT2D eigenvalue weighted by molar-refractivity contribution is 0.534. The molecule has 0 radical (unpaired) electrons. The van der Waals surface area contributed by atoms with Crippen LogP contribution in [0.5, 0.6) is 0 Å². The lowest BCUT2D eigenvalue weighted by Gasteiger charge is -2.04. The Bertz CT molecular complexity index is 114. The second-order valence-electron chi connectivity index (χ2n) is 2.90. The van der Waals surface area contributed by atoms with E-state index in [1.807, 2.05) is 0 Å². The molecule has 1 fully saturated rings. The smallest absolute Gasteiger partial charge is 0.0228 e. The normalized spacial score (nSPS) is 20.9. The molecular formula is C9H14. The molecule has 0 aromatic carbocycles. The third-order valence-electron chi connectivity index (χ3n) is 2.00. The van der Waals surface area contributed by atoms with Crippen LogP contribution in [0.2, 0.25) is 0 Å². The maximum atomic E-state index is 5.35. The fraction of sp³-hybridized carbons (Fsp3) is 0.778. The summed E-state index contributed by atoms with van der Waals surface area (Å²) in [5.74, 6) is 4.37. The van der Waals surface area contributed by atoms with Crippen LogP contribution in [0.3, 0.4) is 0 Å². The number of hydrogen-bond acceptors (Lipinski definition) is 0. The lowest BCUT2D eigenvalue weighted by Crippen LogP contribution is -1.97. The average Bonchev–Trinajstić information content (AvgIpc) is 2.64. The van der Waals surface area contributed by atoms with E-state index in [0.29, 0.717) is 5.92 Å². The van der Waals surface area contributed by atoms with Crippen LogP contribution in [0, 0.1) is 24.2 Å². The second kappa shape index (κ2) is 2.92. The molecule has 1 aliphatic rings. The van der Waals surface area contributed by atoms with Gasteiger partial charge in [-0.25, -0.2) is 0 Å². The van der Waals surface area contributed by atoms with Crippen molar-refractivity contribution in [2.75, 3.05) is 0 Å². The van der Waals surface area contributed by atoms with E-state index in [1.54, 1.807) is 0 Å². The minimum atomic E-state index is 0.606. The molecular weight excluding hydrogens is 108 g/mol. The Morgan fingerprint density at radius 1 is 1.67 bits per heavy atom. The van der Waals surface area contributed by atoms with Crippen molar-refractivity contribution >= 4 is 0 Å². The largest absolute Gasteiger partial charge is 0.120 e. The highest BCUT2D eigenvalue weighted by molar-refractivity contribution is 5.00. The monoisotopic (exact) mass is 122 g/mol. The predicted octanol–water partition coefficient (Wildman–Crippen LogP) is 2.45. The molecule has 0 spiro atoms. The zero-order valence-electron chi connectivity index (χ0n) is 6.06. The van der Waals surface area contributed by atoms with Crippen LogP contribution in [0.1, 0.15) is 32.6 Å². The topological polar surface area (TPSA) is 0 Å². The summed E-state index contributed by atoms with van der Waals surface area (Å²) in [6.45, 7) is 2.20. The minimum absolute atomic E-state index is 0.606. The summed E-state index contributed by atoms with van der Waals surface area (Å²) >= 11 is 0. The highest BCUT2D eigenvalue weighted by Crippen LogP contribution is 2.38. The first kappa shape index (κ1) is 6.68. The quantitative estimate of drug-likeness (QED) is 0.504. The molecule has 0 bridgehead atoms. The summed E-state index contributed by atoms with van der Waals surface area (Å²) in [6, 6.07) is 0. The summed E-state index contributed by atoms with van der Waals surface area (Å²) in [7, 11) is 0. The number of rotatable bonds is 3. The summed E-state index contributed by atoms with van der Waals surface area (Å²) in [4.78, 5) is 0. The molecule has 0 aromatic rings. The number of terminal acetylenes is 1. The zero-order chi connectivity index (χ0) is 6.69. The Kier molecular flexibility index (Phi) is 2.16. The predicted molar refractivity (Wildman–Crippen MR) is 40.0 cm³/mol. The van der Waals surface area contributed by atoms with Gasteiger partial charge in [-0.15, -0.1) is 12.3 Å². The van der Waals surface area contributed by atoms with Gasteiger partial charge in [0.05, 0.1) is 0 Å². The van der Waals surface area contributed by atoms with E-state index < -0.39 is 0 Å². The van der Waals surface area contributed by atoms with Gasteiger partial charge < -0.3 is 0 Å². The molecule has 0 aromatic heterocycles. The molecule has 1 unspecified atom stereocenters. The van der Waals surface area contributed by atoms with Crippen LogP contribution in [-0.4, -0.2) is 0 Å². The van der Waals surface area contributed by atoms with Crippen LogP contribution in [0.15, 0.2) is 0 Å². The fourth-order valence-corrected chi connectivity index (χ4v) is 1.26. The lowest BCUT2D eigenvalue weighted by atomic mass is 10.00. The molecule has 0 amide bonds. The average molecular weight is 122 g/mol. The van der Waals surface area contributed by atoms with Crippen molar-refractivity contribution in [2.24, 2.45) is 11.8 Å². The van der Waals surface area contributed by atoms with Crippen molar-refractivity contribution in [1.29, 1.82) is 0 Å². The van der Waals surface area contributed by atoms with Gasteiger partial charge >= 0.3 is 0 Å². The van der Waals surface area contributed by atoms with E-state index in [1.165, 1.54) is 25.7 Å². The van der Waals surface area contributed by atoms with E-state index in [2.05, 4.69) is 12.8 Å². The van der Waals surface area contributed by atoms with Crippen LogP contribution in [0.4, 0.5) is 0 Å². The highest BCUT2D eigenvalue weighted by Gasteiger charge is 2.28. The molecule has 1 aliphatic carbocycles. The van der Waals surface area contributed by atoms with Gasteiger partial charge in [0.15, 0.2) is 0 Å². The molecule has 1 atom stereocenters. The van der Waals surface area contributed by atoms with Crippen LogP contribution in [0.25, 0.3) is 0 Å². The molecule has 0 nitrogen and oxygen atoms in total. The molecule has 0 N–H and O–H groups in total. The molecule has 0 saturated heterocycles. The van der Waals surface area contributed by atoms with E-state index in [0.717, 1.165) is 5.92 Å². The zero-order valence-corrected chi connectivity index (χ0v) is 6.06. The van der Waals surface area contributed by atoms with Crippen molar-refractivity contribution in [3.8, 4) is 12.3 Å². The van der Waals surface area contributed by atoms with Gasteiger partial charge in [0.1, 0.15) is 0 Å². The summed E-state index contributed by atoms with van der Waals surface area (Å²) < 4.78 is 0. The Labute approximate surface area is 57.7 Å². The van der Waals surface area contributed by atoms with Crippen molar-refractivity contribution in [2.45, 2.75) is 32.6 Å². The number of hydrogen-bond donors (Lipinski definition) is 0. The third-order valence-corrected chi connectivity index (χ3v) is 2.00. The summed E-state index contributed by atoms with van der Waals surface area (Å²) in [5.41, 5.74) is 0. The van der Waals surface area contributed by atoms with Crippen LogP contribution >= 0.6 is 0 Å². The first-order valence-electron chi connectivity index (χ1n) is 3.84. The van der Waals surface area contributed by atoms with E-state index in [9.17, 15) is 0 Å². The van der Waals surface area contributed by atoms with E-state index >= 15 is 0 Å². The standard InChI is InChI=1S/C9H14/c1-3-5-8(4-2)9-6-7-9/h2,8-9H,3,5-7H2,1H3. The second-order valence-corrected chi connectivity index (χ2v) is 2.90. The van der Waals surface area contributed by atoms with Crippen molar-refractivity contribution in [3.05, 3.63) is 0 Å². The van der Waals surface area contributed by atoms with Crippen molar-refractivity contribution < 1.29 is 0 Å². The first-order valence-corrected chi connectivity index (χ1v) is 3.84. The van der Waals surface area contributed by atoms with Crippen molar-refractivity contribution in [3.63, 3.8) is 0 Å². The van der Waals surface area contributed by atoms with Gasteiger partial charge in [0.2, 0.25) is 0 Å². The van der Waals surface area contributed by atoms with Gasteiger partial charge in [-0.1, -0.05) is 13.3 Å². The van der Waals surface area contributed by atoms with E-state index in [-0.39, 0.29) is 0 Å². The molecule has 1 rings (SSSR count). The maximum absolute atomic E-state index is 5.35. The Hall–Kier alpha value is -0.440. The third kappa shape index (κ3) is 1.75. The van der Waals surface area contributed by atoms with Gasteiger partial charge in [-0.2, -0.15) is 0 Å². The molecule has 50 valence electrons. The first-order chi connectivity index (χ1) is 4.38. The molecule has 1 saturated carbocycles. The SMILES string of the molecule is C#CC(CCC)C1CC1. The summed E-state index contributed by atoms with van der Waals surface area (Å²) in [6.07, 6.45) is 10.6. The van der Waals surface area contributed by atoms with Crippen LogP contribution < -0.4 is 0 Å². The Morgan fingerprint density at radius 2 is 2.33 bits per heavy atom. The minimum Gasteiger partial charge on any atom is -0.120 e. The van der Waals surface area contributed by atoms with Crippen molar-refractivity contribution in [1.82, 2.24) is 0 Å². The maximum Gasteiger partial charge on any atom is 0.0228 e. The highest BCUT2D eigenvalue weighted by atomic mass is 14.3. The Balaban J connectivity index is 2.23.